The van der Waals surface area contributed by atoms with E-state index >= 15 is 0 Å². The highest BCUT2D eigenvalue weighted by atomic mass is 32.2. The fourth-order valence-electron chi connectivity index (χ4n) is 5.07. The highest BCUT2D eigenvalue weighted by molar-refractivity contribution is 7.99. The second-order valence-corrected chi connectivity index (χ2v) is 10.5. The summed E-state index contributed by atoms with van der Waals surface area (Å²) in [7, 11) is 1.69. The number of thioether (sulfide) groups is 1. The number of hydrogen-bond donors (Lipinski definition) is 2. The lowest BCUT2D eigenvalue weighted by atomic mass is 9.89. The third kappa shape index (κ3) is 5.49. The summed E-state index contributed by atoms with van der Waals surface area (Å²) >= 11 is 1.88. The van der Waals surface area contributed by atoms with Crippen LogP contribution < -0.4 is 10.1 Å². The third-order valence-corrected chi connectivity index (χ3v) is 7.95. The molecule has 184 valence electrons. The quantitative estimate of drug-likeness (QED) is 0.540. The molecule has 35 heavy (non-hydrogen) atoms. The number of aromatic amines is 1. The van der Waals surface area contributed by atoms with Crippen molar-refractivity contribution in [2.24, 2.45) is 0 Å². The Bertz CT molecular complexity index is 1200. The fourth-order valence-corrected chi connectivity index (χ4v) is 5.97. The predicted octanol–water partition coefficient (Wildman–Crippen LogP) is 4.18. The Hall–Kier alpha value is -2.97. The maximum absolute atomic E-state index is 12.8. The number of nitrogens with zero attached hydrogens (tertiary/aromatic N) is 2. The van der Waals surface area contributed by atoms with E-state index < -0.39 is 0 Å². The van der Waals surface area contributed by atoms with Crippen molar-refractivity contribution in [1.29, 1.82) is 0 Å². The van der Waals surface area contributed by atoms with Gasteiger partial charge < -0.3 is 19.9 Å². The number of ether oxygens (including phenoxy) is 1. The van der Waals surface area contributed by atoms with E-state index in [1.54, 1.807) is 13.2 Å². The number of anilines is 1. The number of carbonyl (C=O) groups is 2. The maximum Gasteiger partial charge on any atom is 0.253 e. The number of hydrogen-bond acceptors (Lipinski definition) is 5. The van der Waals surface area contributed by atoms with Crippen molar-refractivity contribution in [1.82, 2.24) is 14.8 Å². The molecule has 2 saturated heterocycles. The van der Waals surface area contributed by atoms with Crippen LogP contribution >= 0.6 is 11.8 Å². The lowest BCUT2D eigenvalue weighted by molar-refractivity contribution is -0.117. The van der Waals surface area contributed by atoms with Crippen LogP contribution in [-0.4, -0.2) is 77.9 Å². The summed E-state index contributed by atoms with van der Waals surface area (Å²) in [5, 5.41) is 4.21. The van der Waals surface area contributed by atoms with Crippen LogP contribution in [0.25, 0.3) is 10.9 Å². The van der Waals surface area contributed by atoms with Gasteiger partial charge in [0.25, 0.3) is 5.91 Å². The summed E-state index contributed by atoms with van der Waals surface area (Å²) in [4.78, 5) is 33.0. The van der Waals surface area contributed by atoms with Gasteiger partial charge in [-0.25, -0.2) is 0 Å². The maximum atomic E-state index is 12.8. The first kappa shape index (κ1) is 23.8. The first-order valence-corrected chi connectivity index (χ1v) is 13.4. The van der Waals surface area contributed by atoms with Gasteiger partial charge in [-0.1, -0.05) is 6.07 Å². The Balaban J connectivity index is 1.15. The normalized spacial score (nSPS) is 17.5. The van der Waals surface area contributed by atoms with Crippen molar-refractivity contribution in [2.45, 2.75) is 18.8 Å². The van der Waals surface area contributed by atoms with Gasteiger partial charge in [0.2, 0.25) is 5.91 Å². The van der Waals surface area contributed by atoms with Crippen LogP contribution in [0.15, 0.2) is 48.7 Å². The predicted molar refractivity (Wildman–Crippen MR) is 142 cm³/mol. The van der Waals surface area contributed by atoms with E-state index in [0.29, 0.717) is 23.7 Å². The topological polar surface area (TPSA) is 77.7 Å². The summed E-state index contributed by atoms with van der Waals surface area (Å²) in [5.41, 5.74) is 3.76. The molecule has 3 heterocycles. The molecule has 0 aliphatic carbocycles. The van der Waals surface area contributed by atoms with E-state index in [4.69, 9.17) is 4.74 Å². The Morgan fingerprint density at radius 3 is 2.66 bits per heavy atom. The number of carbonyl (C=O) groups excluding carboxylic acids is 2. The first-order chi connectivity index (χ1) is 17.1. The summed E-state index contributed by atoms with van der Waals surface area (Å²) in [5.74, 6) is 3.29. The largest absolute Gasteiger partial charge is 0.497 e. The van der Waals surface area contributed by atoms with Gasteiger partial charge in [0.15, 0.2) is 0 Å². The number of likely N-dealkylation sites (tertiary alicyclic amines) is 1. The molecule has 1 aromatic heterocycles. The molecule has 2 aliphatic heterocycles. The lowest BCUT2D eigenvalue weighted by Gasteiger charge is -2.31. The van der Waals surface area contributed by atoms with E-state index in [2.05, 4.69) is 33.5 Å². The van der Waals surface area contributed by atoms with Gasteiger partial charge >= 0.3 is 0 Å². The van der Waals surface area contributed by atoms with Crippen LogP contribution in [0, 0.1) is 0 Å². The number of benzene rings is 2. The average molecular weight is 493 g/mol. The van der Waals surface area contributed by atoms with E-state index in [1.807, 2.05) is 40.9 Å². The summed E-state index contributed by atoms with van der Waals surface area (Å²) in [6.07, 6.45) is 4.14. The standard InChI is InChI=1S/C27H32N4O3S/c1-34-22-5-6-25-23(16-22)24(17-28-25)19-7-9-30(10-8-19)18-26(32)29-21-4-2-3-20(15-21)27(33)31-11-13-35-14-12-31/h2-6,15-17,19,28H,7-14,18H2,1H3,(H,29,32). The molecule has 0 saturated carbocycles. The molecule has 2 fully saturated rings. The second-order valence-electron chi connectivity index (χ2n) is 9.24. The molecule has 2 aliphatic rings. The van der Waals surface area contributed by atoms with Gasteiger partial charge in [-0.05, 0) is 73.8 Å². The van der Waals surface area contributed by atoms with Crippen molar-refractivity contribution >= 4 is 40.2 Å². The van der Waals surface area contributed by atoms with E-state index in [9.17, 15) is 9.59 Å². The van der Waals surface area contributed by atoms with E-state index in [0.717, 1.165) is 61.8 Å². The zero-order valence-corrected chi connectivity index (χ0v) is 20.9. The molecule has 7 nitrogen and oxygen atoms in total. The molecule has 8 heteroatoms. The van der Waals surface area contributed by atoms with Gasteiger partial charge in [-0.15, -0.1) is 0 Å². The Morgan fingerprint density at radius 1 is 1.09 bits per heavy atom. The van der Waals surface area contributed by atoms with E-state index in [-0.39, 0.29) is 11.8 Å². The number of fused-ring (bicyclic) bond motifs is 1. The SMILES string of the molecule is COc1ccc2[nH]cc(C3CCN(CC(=O)Nc4cccc(C(=O)N5CCSCC5)c4)CC3)c2c1. The Kier molecular flexibility index (Phi) is 7.29. The molecular formula is C27H32N4O3S. The van der Waals surface area contributed by atoms with Crippen LogP contribution in [-0.2, 0) is 4.79 Å². The molecule has 0 bridgehead atoms. The summed E-state index contributed by atoms with van der Waals surface area (Å²) in [6, 6.07) is 13.4. The number of H-pyrrole nitrogens is 1. The van der Waals surface area contributed by atoms with Crippen LogP contribution in [0.2, 0.25) is 0 Å². The van der Waals surface area contributed by atoms with Crippen LogP contribution in [0.3, 0.4) is 0 Å². The van der Waals surface area contributed by atoms with E-state index in [1.165, 1.54) is 10.9 Å². The van der Waals surface area contributed by atoms with Crippen molar-refractivity contribution in [3.63, 3.8) is 0 Å². The molecule has 3 aromatic rings. The summed E-state index contributed by atoms with van der Waals surface area (Å²) < 4.78 is 5.41. The number of nitrogens with one attached hydrogen (secondary N) is 2. The average Bonchev–Trinajstić information content (AvgIpc) is 3.32. The fraction of sp³-hybridized carbons (Fsp3) is 0.407. The van der Waals surface area contributed by atoms with Crippen molar-refractivity contribution in [2.75, 3.05) is 56.7 Å². The van der Waals surface area contributed by atoms with Gasteiger partial charge in [0.05, 0.1) is 13.7 Å². The van der Waals surface area contributed by atoms with Gasteiger partial charge in [0, 0.05) is 52.9 Å². The third-order valence-electron chi connectivity index (χ3n) is 7.01. The number of amides is 2. The van der Waals surface area contributed by atoms with Gasteiger partial charge in [-0.3, -0.25) is 14.5 Å². The number of aromatic nitrogens is 1. The van der Waals surface area contributed by atoms with Gasteiger partial charge in [0.1, 0.15) is 5.75 Å². The highest BCUT2D eigenvalue weighted by Crippen LogP contribution is 2.34. The number of piperidine rings is 1. The summed E-state index contributed by atoms with van der Waals surface area (Å²) in [6.45, 7) is 3.67. The molecule has 0 atom stereocenters. The minimum absolute atomic E-state index is 0.0402. The minimum Gasteiger partial charge on any atom is -0.497 e. The minimum atomic E-state index is -0.0424. The van der Waals surface area contributed by atoms with Crippen LogP contribution in [0.1, 0.15) is 34.7 Å². The molecule has 0 radical (unpaired) electrons. The molecular weight excluding hydrogens is 460 g/mol. The zero-order chi connectivity index (χ0) is 24.2. The van der Waals surface area contributed by atoms with Crippen molar-refractivity contribution < 1.29 is 14.3 Å². The smallest absolute Gasteiger partial charge is 0.253 e. The molecule has 2 N–H and O–H groups in total. The lowest BCUT2D eigenvalue weighted by Crippen LogP contribution is -2.39. The Morgan fingerprint density at radius 2 is 1.89 bits per heavy atom. The second kappa shape index (κ2) is 10.7. The monoisotopic (exact) mass is 492 g/mol. The number of methoxy groups -OCH3 is 1. The van der Waals surface area contributed by atoms with Crippen LogP contribution in [0.4, 0.5) is 5.69 Å². The number of rotatable bonds is 6. The van der Waals surface area contributed by atoms with Crippen molar-refractivity contribution in [3.8, 4) is 5.75 Å². The first-order valence-electron chi connectivity index (χ1n) is 12.2. The molecule has 5 rings (SSSR count). The van der Waals surface area contributed by atoms with Crippen molar-refractivity contribution in [3.05, 3.63) is 59.8 Å². The van der Waals surface area contributed by atoms with Gasteiger partial charge in [-0.2, -0.15) is 11.8 Å². The zero-order valence-electron chi connectivity index (χ0n) is 20.1. The molecule has 0 spiro atoms. The highest BCUT2D eigenvalue weighted by Gasteiger charge is 2.24. The Labute approximate surface area is 210 Å². The molecule has 2 aromatic carbocycles. The molecule has 2 amide bonds. The van der Waals surface area contributed by atoms with Crippen LogP contribution in [0.5, 0.6) is 5.75 Å². The molecule has 0 unspecified atom stereocenters.